The molecule has 0 spiro atoms. The molecule has 0 fully saturated rings. The third-order valence-electron chi connectivity index (χ3n) is 4.15. The van der Waals surface area contributed by atoms with Crippen molar-refractivity contribution in [2.24, 2.45) is 0 Å². The monoisotopic (exact) mass is 420 g/mol. The fourth-order valence-electron chi connectivity index (χ4n) is 2.64. The maximum absolute atomic E-state index is 12.7. The summed E-state index contributed by atoms with van der Waals surface area (Å²) in [6.45, 7) is 8.94. The van der Waals surface area contributed by atoms with E-state index in [4.69, 9.17) is 9.47 Å². The number of hydrogen-bond acceptors (Lipinski definition) is 5. The number of amides is 1. The van der Waals surface area contributed by atoms with Crippen molar-refractivity contribution in [2.75, 3.05) is 12.4 Å². The van der Waals surface area contributed by atoms with E-state index in [2.05, 4.69) is 10.0 Å². The molecule has 0 aliphatic rings. The lowest BCUT2D eigenvalue weighted by atomic mass is 10.1. The van der Waals surface area contributed by atoms with E-state index in [0.717, 1.165) is 11.1 Å². The fraction of sp³-hybridized carbons (Fsp3) is 0.381. The Hall–Kier alpha value is -2.58. The number of benzene rings is 2. The van der Waals surface area contributed by atoms with Crippen molar-refractivity contribution in [3.05, 3.63) is 47.5 Å². The van der Waals surface area contributed by atoms with Gasteiger partial charge < -0.3 is 14.8 Å². The fourth-order valence-corrected chi connectivity index (χ4v) is 3.92. The molecule has 0 saturated heterocycles. The Balaban J connectivity index is 2.24. The van der Waals surface area contributed by atoms with Crippen LogP contribution in [0.5, 0.6) is 11.5 Å². The van der Waals surface area contributed by atoms with Gasteiger partial charge in [0.2, 0.25) is 10.0 Å². The number of carbonyl (C=O) groups is 1. The van der Waals surface area contributed by atoms with Gasteiger partial charge in [-0.3, -0.25) is 4.79 Å². The first-order valence-electron chi connectivity index (χ1n) is 9.28. The van der Waals surface area contributed by atoms with Gasteiger partial charge in [0.15, 0.2) is 6.10 Å². The predicted octanol–water partition coefficient (Wildman–Crippen LogP) is 3.40. The van der Waals surface area contributed by atoms with Gasteiger partial charge in [-0.15, -0.1) is 0 Å². The molecule has 0 aliphatic carbocycles. The van der Waals surface area contributed by atoms with Crippen LogP contribution in [0.1, 0.15) is 31.9 Å². The number of rotatable bonds is 8. The van der Waals surface area contributed by atoms with Crippen molar-refractivity contribution in [1.82, 2.24) is 4.72 Å². The number of methoxy groups -OCH3 is 1. The Morgan fingerprint density at radius 3 is 2.31 bits per heavy atom. The molecule has 1 unspecified atom stereocenters. The Morgan fingerprint density at radius 2 is 1.69 bits per heavy atom. The van der Waals surface area contributed by atoms with E-state index in [1.807, 2.05) is 32.0 Å². The molecule has 0 aromatic heterocycles. The summed E-state index contributed by atoms with van der Waals surface area (Å²) in [5.41, 5.74) is 2.19. The summed E-state index contributed by atoms with van der Waals surface area (Å²) in [5.74, 6) is 0.549. The molecule has 0 bridgehead atoms. The minimum atomic E-state index is -3.71. The van der Waals surface area contributed by atoms with Gasteiger partial charge in [-0.05, 0) is 70.0 Å². The first-order chi connectivity index (χ1) is 13.5. The highest BCUT2D eigenvalue weighted by Crippen LogP contribution is 2.28. The van der Waals surface area contributed by atoms with Gasteiger partial charge in [0.25, 0.3) is 5.91 Å². The normalized spacial score (nSPS) is 12.5. The van der Waals surface area contributed by atoms with Gasteiger partial charge >= 0.3 is 0 Å². The minimum absolute atomic E-state index is 0.0328. The molecule has 29 heavy (non-hydrogen) atoms. The van der Waals surface area contributed by atoms with E-state index in [9.17, 15) is 13.2 Å². The first-order valence-corrected chi connectivity index (χ1v) is 10.8. The Labute approximate surface area is 172 Å². The van der Waals surface area contributed by atoms with Crippen molar-refractivity contribution < 1.29 is 22.7 Å². The van der Waals surface area contributed by atoms with Crippen LogP contribution >= 0.6 is 0 Å². The molecule has 8 heteroatoms. The molecular weight excluding hydrogens is 392 g/mol. The van der Waals surface area contributed by atoms with Crippen LogP contribution in [-0.4, -0.2) is 33.6 Å². The van der Waals surface area contributed by atoms with E-state index in [-0.39, 0.29) is 16.6 Å². The van der Waals surface area contributed by atoms with Crippen LogP contribution < -0.4 is 19.5 Å². The van der Waals surface area contributed by atoms with Crippen LogP contribution in [0.2, 0.25) is 0 Å². The molecule has 0 heterocycles. The second kappa shape index (κ2) is 9.28. The van der Waals surface area contributed by atoms with E-state index in [0.29, 0.717) is 11.5 Å². The summed E-state index contributed by atoms with van der Waals surface area (Å²) in [6, 6.07) is 9.79. The molecule has 2 aromatic carbocycles. The zero-order valence-corrected chi connectivity index (χ0v) is 18.4. The average molecular weight is 421 g/mol. The van der Waals surface area contributed by atoms with Crippen LogP contribution in [0.15, 0.2) is 41.3 Å². The quantitative estimate of drug-likeness (QED) is 0.683. The number of sulfonamides is 1. The molecule has 2 rings (SSSR count). The predicted molar refractivity (Wildman–Crippen MR) is 113 cm³/mol. The highest BCUT2D eigenvalue weighted by molar-refractivity contribution is 7.89. The maximum atomic E-state index is 12.7. The maximum Gasteiger partial charge on any atom is 0.265 e. The second-order valence-electron chi connectivity index (χ2n) is 7.16. The van der Waals surface area contributed by atoms with Crippen LogP contribution in [0, 0.1) is 13.8 Å². The van der Waals surface area contributed by atoms with E-state index < -0.39 is 22.0 Å². The number of aryl methyl sites for hydroxylation is 2. The van der Waals surface area contributed by atoms with Gasteiger partial charge in [0, 0.05) is 6.04 Å². The van der Waals surface area contributed by atoms with Crippen molar-refractivity contribution in [2.45, 2.75) is 51.7 Å². The summed E-state index contributed by atoms with van der Waals surface area (Å²) in [5, 5.41) is 2.70. The summed E-state index contributed by atoms with van der Waals surface area (Å²) >= 11 is 0. The van der Waals surface area contributed by atoms with E-state index in [1.54, 1.807) is 20.8 Å². The molecule has 158 valence electrons. The van der Waals surface area contributed by atoms with Gasteiger partial charge in [-0.2, -0.15) is 0 Å². The molecular formula is C21H28N2O5S. The lowest BCUT2D eigenvalue weighted by molar-refractivity contribution is -0.122. The minimum Gasteiger partial charge on any atom is -0.495 e. The zero-order valence-electron chi connectivity index (χ0n) is 17.6. The molecule has 0 aliphatic heterocycles. The first kappa shape index (κ1) is 22.7. The number of anilines is 1. The van der Waals surface area contributed by atoms with Crippen molar-refractivity contribution >= 4 is 21.6 Å². The summed E-state index contributed by atoms with van der Waals surface area (Å²) < 4.78 is 38.4. The molecule has 2 N–H and O–H groups in total. The molecule has 7 nitrogen and oxygen atoms in total. The Morgan fingerprint density at radius 1 is 1.00 bits per heavy atom. The smallest absolute Gasteiger partial charge is 0.265 e. The average Bonchev–Trinajstić information content (AvgIpc) is 2.63. The molecule has 1 atom stereocenters. The number of nitrogens with one attached hydrogen (secondary N) is 2. The van der Waals surface area contributed by atoms with Gasteiger partial charge in [0.1, 0.15) is 11.5 Å². The molecule has 2 aromatic rings. The van der Waals surface area contributed by atoms with E-state index >= 15 is 0 Å². The molecule has 0 saturated carbocycles. The van der Waals surface area contributed by atoms with Crippen LogP contribution in [-0.2, 0) is 14.8 Å². The third kappa shape index (κ3) is 5.95. The zero-order chi connectivity index (χ0) is 21.8. The van der Waals surface area contributed by atoms with Crippen molar-refractivity contribution in [3.8, 4) is 11.5 Å². The SMILES string of the molecule is COc1ccc(S(=O)(=O)NC(C)C)cc1NC(=O)C(C)Oc1cc(C)ccc1C. The summed E-state index contributed by atoms with van der Waals surface area (Å²) in [6.07, 6.45) is -0.797. The number of carbonyl (C=O) groups excluding carboxylic acids is 1. The number of hydrogen-bond donors (Lipinski definition) is 2. The van der Waals surface area contributed by atoms with Crippen LogP contribution in [0.3, 0.4) is 0 Å². The summed E-state index contributed by atoms with van der Waals surface area (Å²) in [4.78, 5) is 12.7. The van der Waals surface area contributed by atoms with Crippen molar-refractivity contribution in [3.63, 3.8) is 0 Å². The van der Waals surface area contributed by atoms with E-state index in [1.165, 1.54) is 25.3 Å². The topological polar surface area (TPSA) is 93.7 Å². The lowest BCUT2D eigenvalue weighted by Crippen LogP contribution is -2.31. The van der Waals surface area contributed by atoms with Crippen LogP contribution in [0.25, 0.3) is 0 Å². The van der Waals surface area contributed by atoms with Gasteiger partial charge in [-0.1, -0.05) is 12.1 Å². The molecule has 1 amide bonds. The standard InChI is InChI=1S/C21H28N2O5S/c1-13(2)23-29(25,26)17-9-10-19(27-6)18(12-17)22-21(24)16(5)28-20-11-14(3)7-8-15(20)4/h7-13,16,23H,1-6H3,(H,22,24). The molecule has 0 radical (unpaired) electrons. The van der Waals surface area contributed by atoms with Crippen molar-refractivity contribution in [1.29, 1.82) is 0 Å². The number of ether oxygens (including phenoxy) is 2. The largest absolute Gasteiger partial charge is 0.495 e. The second-order valence-corrected chi connectivity index (χ2v) is 8.87. The third-order valence-corrected chi connectivity index (χ3v) is 5.80. The van der Waals surface area contributed by atoms with Crippen LogP contribution in [0.4, 0.5) is 5.69 Å². The highest BCUT2D eigenvalue weighted by Gasteiger charge is 2.21. The Bertz CT molecular complexity index is 987. The summed E-state index contributed by atoms with van der Waals surface area (Å²) in [7, 11) is -2.26. The Kier molecular flexibility index (Phi) is 7.26. The van der Waals surface area contributed by atoms with Gasteiger partial charge in [-0.25, -0.2) is 13.1 Å². The van der Waals surface area contributed by atoms with Gasteiger partial charge in [0.05, 0.1) is 17.7 Å². The lowest BCUT2D eigenvalue weighted by Gasteiger charge is -2.18. The highest BCUT2D eigenvalue weighted by atomic mass is 32.2.